The third-order valence-corrected chi connectivity index (χ3v) is 6.21. The van der Waals surface area contributed by atoms with Crippen molar-refractivity contribution >= 4 is 11.7 Å². The van der Waals surface area contributed by atoms with Crippen LogP contribution in [0.2, 0.25) is 0 Å². The molecule has 4 heteroatoms. The fraction of sp³-hybridized carbons (Fsp3) is 0.875. The number of carbonyl (C=O) groups excluding carboxylic acids is 1. The van der Waals surface area contributed by atoms with E-state index in [1.54, 1.807) is 0 Å². The number of aliphatic imine (C=N–C) groups is 1. The van der Waals surface area contributed by atoms with Crippen LogP contribution < -0.4 is 0 Å². The maximum Gasteiger partial charge on any atom is 0.334 e. The first-order valence-electron chi connectivity index (χ1n) is 7.79. The van der Waals surface area contributed by atoms with Gasteiger partial charge in [-0.3, -0.25) is 4.99 Å². The van der Waals surface area contributed by atoms with Gasteiger partial charge in [0.1, 0.15) is 6.10 Å². The molecule has 0 aromatic carbocycles. The highest BCUT2D eigenvalue weighted by atomic mass is 16.6. The van der Waals surface area contributed by atoms with Gasteiger partial charge >= 0.3 is 5.97 Å². The topological polar surface area (TPSA) is 58.9 Å². The summed E-state index contributed by atoms with van der Waals surface area (Å²) in [5.74, 6) is 0.0474. The lowest BCUT2D eigenvalue weighted by atomic mass is 9.70. The van der Waals surface area contributed by atoms with Gasteiger partial charge in [-0.2, -0.15) is 0 Å². The summed E-state index contributed by atoms with van der Waals surface area (Å²) in [5.41, 5.74) is 1.14. The quantitative estimate of drug-likeness (QED) is 0.807. The minimum absolute atomic E-state index is 0.00710. The van der Waals surface area contributed by atoms with E-state index in [4.69, 9.17) is 4.74 Å². The van der Waals surface area contributed by atoms with Gasteiger partial charge in [-0.15, -0.1) is 0 Å². The van der Waals surface area contributed by atoms with E-state index in [2.05, 4.69) is 25.8 Å². The second-order valence-electron chi connectivity index (χ2n) is 7.40. The zero-order valence-electron chi connectivity index (χ0n) is 12.8. The second-order valence-corrected chi connectivity index (χ2v) is 7.40. The van der Waals surface area contributed by atoms with E-state index >= 15 is 0 Å². The molecule has 0 spiro atoms. The van der Waals surface area contributed by atoms with E-state index in [1.807, 2.05) is 6.92 Å². The Bertz CT molecular complexity index is 470. The van der Waals surface area contributed by atoms with Crippen molar-refractivity contribution < 1.29 is 14.6 Å². The Morgan fingerprint density at radius 1 is 1.45 bits per heavy atom. The van der Waals surface area contributed by atoms with Crippen molar-refractivity contribution in [3.63, 3.8) is 0 Å². The average molecular weight is 279 g/mol. The molecule has 2 bridgehead atoms. The van der Waals surface area contributed by atoms with Crippen LogP contribution in [0.15, 0.2) is 4.99 Å². The molecular weight excluding hydrogens is 254 g/mol. The molecule has 2 aliphatic carbocycles. The molecule has 1 heterocycles. The normalized spacial score (nSPS) is 43.0. The van der Waals surface area contributed by atoms with Crippen LogP contribution in [-0.4, -0.2) is 35.0 Å². The van der Waals surface area contributed by atoms with Crippen LogP contribution in [0, 0.1) is 16.7 Å². The lowest BCUT2D eigenvalue weighted by molar-refractivity contribution is -0.158. The number of ether oxygens (including phenoxy) is 1. The molecule has 0 radical (unpaired) electrons. The van der Waals surface area contributed by atoms with Gasteiger partial charge in [0.05, 0.1) is 11.8 Å². The molecule has 20 heavy (non-hydrogen) atoms. The molecular formula is C16H25NO3. The highest BCUT2D eigenvalue weighted by molar-refractivity contribution is 6.01. The van der Waals surface area contributed by atoms with E-state index in [1.165, 1.54) is 0 Å². The first kappa shape index (κ1) is 14.1. The lowest BCUT2D eigenvalue weighted by Gasteiger charge is -2.39. The van der Waals surface area contributed by atoms with Gasteiger partial charge in [0.15, 0.2) is 6.04 Å². The fourth-order valence-electron chi connectivity index (χ4n) is 4.46. The van der Waals surface area contributed by atoms with E-state index in [9.17, 15) is 9.90 Å². The third kappa shape index (κ3) is 1.57. The van der Waals surface area contributed by atoms with Crippen LogP contribution in [0.3, 0.4) is 0 Å². The molecule has 2 saturated carbocycles. The number of aliphatic hydroxyl groups is 1. The Morgan fingerprint density at radius 3 is 2.80 bits per heavy atom. The Morgan fingerprint density at radius 2 is 2.15 bits per heavy atom. The predicted octanol–water partition coefficient (Wildman–Crippen LogP) is 2.34. The Hall–Kier alpha value is -0.900. The molecule has 1 N–H and O–H groups in total. The number of hydrogen-bond acceptors (Lipinski definition) is 4. The van der Waals surface area contributed by atoms with Gasteiger partial charge in [-0.05, 0) is 24.7 Å². The van der Waals surface area contributed by atoms with E-state index in [0.29, 0.717) is 12.3 Å². The summed E-state index contributed by atoms with van der Waals surface area (Å²) in [6, 6.07) is -0.708. The predicted molar refractivity (Wildman–Crippen MR) is 76.6 cm³/mol. The Balaban J connectivity index is 1.96. The first-order valence-corrected chi connectivity index (χ1v) is 7.79. The number of carbonyl (C=O) groups is 1. The fourth-order valence-corrected chi connectivity index (χ4v) is 4.46. The SMILES string of the molecule is CCC[C@@H](O)[C@H]1N=C2[C@H]3CC[C@@](C)([C@@H]2OC1=O)C3(C)C. The monoisotopic (exact) mass is 279 g/mol. The van der Waals surface area contributed by atoms with Gasteiger partial charge in [-0.1, -0.05) is 34.1 Å². The maximum absolute atomic E-state index is 12.2. The molecule has 4 nitrogen and oxygen atoms in total. The Kier molecular flexibility index (Phi) is 3.02. The molecule has 112 valence electrons. The molecule has 3 rings (SSSR count). The van der Waals surface area contributed by atoms with Gasteiger partial charge in [0, 0.05) is 11.3 Å². The number of rotatable bonds is 3. The summed E-state index contributed by atoms with van der Waals surface area (Å²) in [6.07, 6.45) is 2.75. The highest BCUT2D eigenvalue weighted by Gasteiger charge is 2.67. The molecule has 3 aliphatic rings. The average Bonchev–Trinajstić information content (AvgIpc) is 2.69. The van der Waals surface area contributed by atoms with E-state index in [0.717, 1.165) is 25.0 Å². The van der Waals surface area contributed by atoms with Crippen molar-refractivity contribution in [1.29, 1.82) is 0 Å². The summed E-state index contributed by atoms with van der Waals surface area (Å²) in [5, 5.41) is 10.1. The van der Waals surface area contributed by atoms with Crippen LogP contribution in [0.1, 0.15) is 53.4 Å². The van der Waals surface area contributed by atoms with Crippen LogP contribution in [-0.2, 0) is 9.53 Å². The van der Waals surface area contributed by atoms with Crippen molar-refractivity contribution in [2.24, 2.45) is 21.7 Å². The minimum atomic E-state index is -0.712. The molecule has 5 atom stereocenters. The van der Waals surface area contributed by atoms with Crippen LogP contribution in [0.4, 0.5) is 0 Å². The second kappa shape index (κ2) is 4.30. The third-order valence-electron chi connectivity index (χ3n) is 6.21. The van der Waals surface area contributed by atoms with Crippen LogP contribution in [0.25, 0.3) is 0 Å². The van der Waals surface area contributed by atoms with Crippen LogP contribution >= 0.6 is 0 Å². The standard InChI is InChI=1S/C16H25NO3/c1-5-6-10(18)12-14(19)20-13-11(17-12)9-7-8-16(13,4)15(9,2)3/h9-10,12-13,18H,5-8H2,1-4H3/t9-,10-,12-,13-,16+/m1/s1. The summed E-state index contributed by atoms with van der Waals surface area (Å²) in [4.78, 5) is 16.9. The van der Waals surface area contributed by atoms with Crippen molar-refractivity contribution in [3.8, 4) is 0 Å². The van der Waals surface area contributed by atoms with Crippen molar-refractivity contribution in [1.82, 2.24) is 0 Å². The number of aliphatic hydroxyl groups excluding tert-OH is 1. The van der Waals surface area contributed by atoms with Crippen molar-refractivity contribution in [2.75, 3.05) is 0 Å². The van der Waals surface area contributed by atoms with Gasteiger partial charge in [0.2, 0.25) is 0 Å². The molecule has 0 aromatic heterocycles. The van der Waals surface area contributed by atoms with Gasteiger partial charge in [0.25, 0.3) is 0 Å². The number of esters is 1. The zero-order valence-corrected chi connectivity index (χ0v) is 12.8. The molecule has 0 unspecified atom stereocenters. The van der Waals surface area contributed by atoms with Crippen LogP contribution in [0.5, 0.6) is 0 Å². The van der Waals surface area contributed by atoms with E-state index < -0.39 is 12.1 Å². The summed E-state index contributed by atoms with van der Waals surface area (Å²) >= 11 is 0. The van der Waals surface area contributed by atoms with Crippen molar-refractivity contribution in [3.05, 3.63) is 0 Å². The van der Waals surface area contributed by atoms with E-state index in [-0.39, 0.29) is 22.9 Å². The van der Waals surface area contributed by atoms with Gasteiger partial charge < -0.3 is 9.84 Å². The number of fused-ring (bicyclic) bond motifs is 5. The molecule has 0 amide bonds. The molecule has 2 fully saturated rings. The van der Waals surface area contributed by atoms with Crippen molar-refractivity contribution in [2.45, 2.75) is 71.6 Å². The summed E-state index contributed by atoms with van der Waals surface area (Å²) in [7, 11) is 0. The zero-order chi connectivity index (χ0) is 14.7. The lowest BCUT2D eigenvalue weighted by Crippen LogP contribution is -2.49. The highest BCUT2D eigenvalue weighted by Crippen LogP contribution is 2.65. The molecule has 0 aromatic rings. The Labute approximate surface area is 120 Å². The largest absolute Gasteiger partial charge is 0.454 e. The van der Waals surface area contributed by atoms with Gasteiger partial charge in [-0.25, -0.2) is 4.79 Å². The smallest absolute Gasteiger partial charge is 0.334 e. The molecule has 0 saturated heterocycles. The molecule has 1 aliphatic heterocycles. The first-order chi connectivity index (χ1) is 9.33. The number of hydrogen-bond donors (Lipinski definition) is 1. The summed E-state index contributed by atoms with van der Waals surface area (Å²) < 4.78 is 5.73. The minimum Gasteiger partial charge on any atom is -0.454 e. The number of nitrogens with zero attached hydrogens (tertiary/aromatic N) is 1. The maximum atomic E-state index is 12.2. The summed E-state index contributed by atoms with van der Waals surface area (Å²) in [6.45, 7) is 8.74.